The van der Waals surface area contributed by atoms with Crippen molar-refractivity contribution in [3.63, 3.8) is 0 Å². The lowest BCUT2D eigenvalue weighted by Gasteiger charge is -2.06. The molecule has 1 heterocycles. The van der Waals surface area contributed by atoms with Gasteiger partial charge in [-0.05, 0) is 36.3 Å². The minimum absolute atomic E-state index is 0.168. The summed E-state index contributed by atoms with van der Waals surface area (Å²) in [4.78, 5) is 4.09. The molecule has 0 spiro atoms. The van der Waals surface area contributed by atoms with Crippen molar-refractivity contribution in [1.29, 1.82) is 0 Å². The Bertz CT molecular complexity index is 664. The lowest BCUT2D eigenvalue weighted by molar-refractivity contribution is -0.0790. The topological polar surface area (TPSA) is 12.9 Å². The molecule has 1 aromatic carbocycles. The molecule has 0 fully saturated rings. The third-order valence-corrected chi connectivity index (χ3v) is 3.05. The van der Waals surface area contributed by atoms with E-state index in [1.54, 1.807) is 18.3 Å². The highest BCUT2D eigenvalue weighted by atomic mass is 19.4. The van der Waals surface area contributed by atoms with E-state index in [0.29, 0.717) is 11.8 Å². The van der Waals surface area contributed by atoms with Gasteiger partial charge in [0.1, 0.15) is 11.6 Å². The largest absolute Gasteiger partial charge is 0.409 e. The molecule has 0 N–H and O–H groups in total. The summed E-state index contributed by atoms with van der Waals surface area (Å²) in [6.45, 7) is 1.94. The Hall–Kier alpha value is -2.24. The Morgan fingerprint density at radius 2 is 1.73 bits per heavy atom. The molecule has 0 bridgehead atoms. The first-order valence-corrected chi connectivity index (χ1v) is 6.50. The second-order valence-electron chi connectivity index (χ2n) is 4.63. The fourth-order valence-electron chi connectivity index (χ4n) is 1.87. The van der Waals surface area contributed by atoms with Gasteiger partial charge < -0.3 is 0 Å². The monoisotopic (exact) mass is 313 g/mol. The summed E-state index contributed by atoms with van der Waals surface area (Å²) in [6.07, 6.45) is -2.10. The van der Waals surface area contributed by atoms with Crippen LogP contribution in [0.4, 0.5) is 22.0 Å². The molecule has 2 rings (SSSR count). The zero-order chi connectivity index (χ0) is 16.3. The predicted octanol–water partition coefficient (Wildman–Crippen LogP) is 5.16. The molecule has 116 valence electrons. The summed E-state index contributed by atoms with van der Waals surface area (Å²) >= 11 is 0. The van der Waals surface area contributed by atoms with Gasteiger partial charge in [0, 0.05) is 23.4 Å². The van der Waals surface area contributed by atoms with Crippen LogP contribution in [0.15, 0.2) is 36.5 Å². The van der Waals surface area contributed by atoms with Gasteiger partial charge in [0.15, 0.2) is 0 Å². The molecule has 0 atom stereocenters. The molecule has 1 aromatic heterocycles. The number of allylic oxidation sites excluding steroid dienone is 1. The van der Waals surface area contributed by atoms with Gasteiger partial charge in [-0.3, -0.25) is 4.98 Å². The second kappa shape index (κ2) is 6.25. The van der Waals surface area contributed by atoms with E-state index < -0.39 is 23.4 Å². The summed E-state index contributed by atoms with van der Waals surface area (Å²) < 4.78 is 63.9. The fourth-order valence-corrected chi connectivity index (χ4v) is 1.87. The average Bonchev–Trinajstić information content (AvgIpc) is 2.45. The Morgan fingerprint density at radius 3 is 2.18 bits per heavy atom. The molecule has 0 aliphatic heterocycles. The Morgan fingerprint density at radius 1 is 1.09 bits per heavy atom. The van der Waals surface area contributed by atoms with Crippen LogP contribution >= 0.6 is 0 Å². The van der Waals surface area contributed by atoms with E-state index in [1.165, 1.54) is 0 Å². The van der Waals surface area contributed by atoms with Crippen molar-refractivity contribution in [1.82, 2.24) is 4.98 Å². The lowest BCUT2D eigenvalue weighted by atomic mass is 10.1. The molecule has 1 nitrogen and oxygen atoms in total. The maximum Gasteiger partial charge on any atom is 0.409 e. The van der Waals surface area contributed by atoms with Crippen molar-refractivity contribution in [3.8, 4) is 11.3 Å². The van der Waals surface area contributed by atoms with E-state index in [1.807, 2.05) is 6.92 Å². The number of aryl methyl sites for hydroxylation is 1. The maximum absolute atomic E-state index is 13.8. The van der Waals surface area contributed by atoms with Gasteiger partial charge in [0.05, 0.1) is 5.69 Å². The molecular weight excluding hydrogens is 301 g/mol. The molecule has 0 radical (unpaired) electrons. The minimum Gasteiger partial charge on any atom is -0.256 e. The number of benzene rings is 1. The van der Waals surface area contributed by atoms with E-state index >= 15 is 0 Å². The summed E-state index contributed by atoms with van der Waals surface area (Å²) in [6, 6.07) is 5.31. The summed E-state index contributed by atoms with van der Waals surface area (Å²) in [5, 5.41) is 0. The zero-order valence-electron chi connectivity index (χ0n) is 11.6. The normalized spacial score (nSPS) is 12.1. The van der Waals surface area contributed by atoms with Crippen molar-refractivity contribution in [2.45, 2.75) is 19.5 Å². The van der Waals surface area contributed by atoms with Crippen molar-refractivity contribution in [2.24, 2.45) is 0 Å². The number of aromatic nitrogens is 1. The highest BCUT2D eigenvalue weighted by Crippen LogP contribution is 2.26. The molecular formula is C16H12F5N. The summed E-state index contributed by atoms with van der Waals surface area (Å²) in [5.74, 6) is -2.14. The van der Waals surface area contributed by atoms with E-state index in [9.17, 15) is 22.0 Å². The molecule has 22 heavy (non-hydrogen) atoms. The highest BCUT2D eigenvalue weighted by molar-refractivity contribution is 5.63. The molecule has 6 heteroatoms. The Labute approximate surface area is 124 Å². The van der Waals surface area contributed by atoms with Crippen LogP contribution in [0, 0.1) is 11.6 Å². The first-order valence-electron chi connectivity index (χ1n) is 6.50. The van der Waals surface area contributed by atoms with Gasteiger partial charge in [0.25, 0.3) is 0 Å². The molecule has 0 aliphatic carbocycles. The van der Waals surface area contributed by atoms with Crippen LogP contribution in [0.1, 0.15) is 18.1 Å². The average molecular weight is 313 g/mol. The van der Waals surface area contributed by atoms with Crippen molar-refractivity contribution in [3.05, 3.63) is 59.3 Å². The highest BCUT2D eigenvalue weighted by Gasteiger charge is 2.23. The van der Waals surface area contributed by atoms with Crippen molar-refractivity contribution in [2.75, 3.05) is 0 Å². The van der Waals surface area contributed by atoms with E-state index in [2.05, 4.69) is 4.98 Å². The third-order valence-electron chi connectivity index (χ3n) is 3.05. The molecule has 0 saturated heterocycles. The van der Waals surface area contributed by atoms with Gasteiger partial charge in [-0.25, -0.2) is 8.78 Å². The number of alkyl halides is 3. The second-order valence-corrected chi connectivity index (χ2v) is 4.63. The number of halogens is 5. The minimum atomic E-state index is -4.63. The molecule has 0 unspecified atom stereocenters. The Kier molecular flexibility index (Phi) is 4.59. The van der Waals surface area contributed by atoms with Crippen LogP contribution < -0.4 is 0 Å². The first kappa shape index (κ1) is 16.1. The summed E-state index contributed by atoms with van der Waals surface area (Å²) in [5.41, 5.74) is 0.754. The van der Waals surface area contributed by atoms with Gasteiger partial charge in [0.2, 0.25) is 0 Å². The number of pyridine rings is 1. The van der Waals surface area contributed by atoms with E-state index in [0.717, 1.165) is 24.1 Å². The van der Waals surface area contributed by atoms with Gasteiger partial charge in [-0.2, -0.15) is 13.2 Å². The quantitative estimate of drug-likeness (QED) is 0.713. The van der Waals surface area contributed by atoms with Crippen molar-refractivity contribution < 1.29 is 22.0 Å². The van der Waals surface area contributed by atoms with E-state index in [4.69, 9.17) is 0 Å². The Balaban J connectivity index is 2.38. The van der Waals surface area contributed by atoms with Gasteiger partial charge in [-0.1, -0.05) is 13.0 Å². The smallest absolute Gasteiger partial charge is 0.256 e. The number of nitrogens with zero attached hydrogens (tertiary/aromatic N) is 1. The maximum atomic E-state index is 13.8. The van der Waals surface area contributed by atoms with Crippen molar-refractivity contribution >= 4 is 6.08 Å². The predicted molar refractivity (Wildman–Crippen MR) is 74.1 cm³/mol. The first-order chi connectivity index (χ1) is 10.3. The third kappa shape index (κ3) is 3.90. The summed E-state index contributed by atoms with van der Waals surface area (Å²) in [7, 11) is 0. The van der Waals surface area contributed by atoms with Crippen LogP contribution in [0.3, 0.4) is 0 Å². The van der Waals surface area contributed by atoms with Gasteiger partial charge >= 0.3 is 6.18 Å². The zero-order valence-corrected chi connectivity index (χ0v) is 11.6. The van der Waals surface area contributed by atoms with Gasteiger partial charge in [-0.15, -0.1) is 0 Å². The lowest BCUT2D eigenvalue weighted by Crippen LogP contribution is -2.01. The molecule has 0 amide bonds. The molecule has 0 aliphatic rings. The van der Waals surface area contributed by atoms with Crippen LogP contribution in [0.5, 0.6) is 0 Å². The fraction of sp³-hybridized carbons (Fsp3) is 0.188. The molecule has 0 saturated carbocycles. The van der Waals surface area contributed by atoms with Crippen LogP contribution in [0.2, 0.25) is 0 Å². The standard InChI is InChI=1S/C16H12F5N/c1-2-10-3-4-15(22-9-10)11-7-13(17)12(14(18)8-11)5-6-16(19,20)21/h3-9H,2H2,1H3. The van der Waals surface area contributed by atoms with Crippen LogP contribution in [-0.4, -0.2) is 11.2 Å². The molecule has 2 aromatic rings. The number of hydrogen-bond acceptors (Lipinski definition) is 1. The van der Waals surface area contributed by atoms with Crippen LogP contribution in [0.25, 0.3) is 17.3 Å². The van der Waals surface area contributed by atoms with Crippen LogP contribution in [-0.2, 0) is 6.42 Å². The number of hydrogen-bond donors (Lipinski definition) is 0. The van der Waals surface area contributed by atoms with E-state index in [-0.39, 0.29) is 11.6 Å². The number of rotatable bonds is 3. The SMILES string of the molecule is CCc1ccc(-c2cc(F)c(C=CC(F)(F)F)c(F)c2)nc1.